The first-order valence-electron chi connectivity index (χ1n) is 5.56. The molecular weight excluding hydrogens is 313 g/mol. The third kappa shape index (κ3) is 2.94. The third-order valence-electron chi connectivity index (χ3n) is 2.54. The highest BCUT2D eigenvalue weighted by Crippen LogP contribution is 2.38. The second-order valence-corrected chi connectivity index (χ2v) is 5.89. The van der Waals surface area contributed by atoms with E-state index < -0.39 is 0 Å². The number of nitrogens with two attached hydrogens (primary N) is 1. The second-order valence-electron chi connectivity index (χ2n) is 3.98. The Hall–Kier alpha value is -0.840. The molecule has 0 aliphatic rings. The lowest BCUT2D eigenvalue weighted by atomic mass is 10.1. The zero-order valence-corrected chi connectivity index (χ0v) is 12.3. The van der Waals surface area contributed by atoms with E-state index in [1.807, 2.05) is 37.3 Å². The smallest absolute Gasteiger partial charge is 0.137 e. The van der Waals surface area contributed by atoms with Crippen LogP contribution in [0, 0.1) is 5.82 Å². The van der Waals surface area contributed by atoms with Gasteiger partial charge in [-0.1, -0.05) is 36.0 Å². The van der Waals surface area contributed by atoms with Gasteiger partial charge < -0.3 is 5.73 Å². The second kappa shape index (κ2) is 5.87. The zero-order chi connectivity index (χ0) is 13.1. The predicted octanol–water partition coefficient (Wildman–Crippen LogP) is 4.76. The molecule has 0 spiro atoms. The number of hydrogen-bond acceptors (Lipinski definition) is 2. The van der Waals surface area contributed by atoms with Crippen LogP contribution in [0.4, 0.5) is 4.39 Å². The molecular formula is C14H13BrFNS. The van der Waals surface area contributed by atoms with Crippen molar-refractivity contribution in [2.75, 3.05) is 0 Å². The fraction of sp³-hybridized carbons (Fsp3) is 0.143. The quantitative estimate of drug-likeness (QED) is 0.880. The molecule has 4 heteroatoms. The van der Waals surface area contributed by atoms with E-state index >= 15 is 0 Å². The molecule has 94 valence electrons. The van der Waals surface area contributed by atoms with Crippen molar-refractivity contribution in [3.05, 3.63) is 58.3 Å². The molecule has 0 heterocycles. The maximum atomic E-state index is 13.9. The standard InChI is InChI=1S/C14H13BrFNS/c1-9(17)10-5-4-7-12(16)14(10)18-13-8-3-2-6-11(13)15/h2-9H,17H2,1H3. The Morgan fingerprint density at radius 2 is 1.89 bits per heavy atom. The molecule has 0 bridgehead atoms. The monoisotopic (exact) mass is 325 g/mol. The molecule has 2 N–H and O–H groups in total. The summed E-state index contributed by atoms with van der Waals surface area (Å²) in [6.45, 7) is 1.86. The van der Waals surface area contributed by atoms with Gasteiger partial charge in [-0.2, -0.15) is 0 Å². The predicted molar refractivity (Wildman–Crippen MR) is 77.3 cm³/mol. The van der Waals surface area contributed by atoms with E-state index in [2.05, 4.69) is 15.9 Å². The first kappa shape index (κ1) is 13.6. The van der Waals surface area contributed by atoms with Crippen LogP contribution in [0.25, 0.3) is 0 Å². The molecule has 0 fully saturated rings. The molecule has 0 aliphatic carbocycles. The highest BCUT2D eigenvalue weighted by molar-refractivity contribution is 9.10. The van der Waals surface area contributed by atoms with Crippen LogP contribution in [-0.4, -0.2) is 0 Å². The molecule has 1 unspecified atom stereocenters. The van der Waals surface area contributed by atoms with Gasteiger partial charge in [0.15, 0.2) is 0 Å². The molecule has 2 rings (SSSR count). The Bertz CT molecular complexity index is 557. The molecule has 0 radical (unpaired) electrons. The summed E-state index contributed by atoms with van der Waals surface area (Å²) in [7, 11) is 0. The minimum Gasteiger partial charge on any atom is -0.324 e. The van der Waals surface area contributed by atoms with Crippen molar-refractivity contribution in [2.45, 2.75) is 22.8 Å². The van der Waals surface area contributed by atoms with Crippen LogP contribution in [0.5, 0.6) is 0 Å². The van der Waals surface area contributed by atoms with Crippen LogP contribution in [-0.2, 0) is 0 Å². The summed E-state index contributed by atoms with van der Waals surface area (Å²) >= 11 is 4.86. The van der Waals surface area contributed by atoms with E-state index in [1.165, 1.54) is 17.8 Å². The van der Waals surface area contributed by atoms with Crippen LogP contribution in [0.1, 0.15) is 18.5 Å². The molecule has 0 saturated heterocycles. The van der Waals surface area contributed by atoms with Gasteiger partial charge in [-0.05, 0) is 46.6 Å². The Morgan fingerprint density at radius 3 is 2.56 bits per heavy atom. The lowest BCUT2D eigenvalue weighted by molar-refractivity contribution is 0.591. The van der Waals surface area contributed by atoms with Crippen molar-refractivity contribution in [1.29, 1.82) is 0 Å². The lowest BCUT2D eigenvalue weighted by Crippen LogP contribution is -2.07. The topological polar surface area (TPSA) is 26.0 Å². The maximum Gasteiger partial charge on any atom is 0.137 e. The van der Waals surface area contributed by atoms with Crippen LogP contribution >= 0.6 is 27.7 Å². The molecule has 0 aromatic heterocycles. The highest BCUT2D eigenvalue weighted by Gasteiger charge is 2.13. The fourth-order valence-corrected chi connectivity index (χ4v) is 3.23. The maximum absolute atomic E-state index is 13.9. The van der Waals surface area contributed by atoms with Gasteiger partial charge in [0.25, 0.3) is 0 Å². The molecule has 0 amide bonds. The normalized spacial score (nSPS) is 12.4. The van der Waals surface area contributed by atoms with Gasteiger partial charge >= 0.3 is 0 Å². The molecule has 1 atom stereocenters. The summed E-state index contributed by atoms with van der Waals surface area (Å²) < 4.78 is 14.9. The van der Waals surface area contributed by atoms with Crippen molar-refractivity contribution < 1.29 is 4.39 Å². The average molecular weight is 326 g/mol. The lowest BCUT2D eigenvalue weighted by Gasteiger charge is -2.13. The Balaban J connectivity index is 2.43. The summed E-state index contributed by atoms with van der Waals surface area (Å²) in [4.78, 5) is 1.57. The molecule has 0 aliphatic heterocycles. The van der Waals surface area contributed by atoms with E-state index in [0.717, 1.165) is 14.9 Å². The highest BCUT2D eigenvalue weighted by atomic mass is 79.9. The Labute approximate surface area is 119 Å². The minimum atomic E-state index is -0.231. The van der Waals surface area contributed by atoms with Gasteiger partial charge in [-0.25, -0.2) is 4.39 Å². The number of rotatable bonds is 3. The van der Waals surface area contributed by atoms with E-state index in [9.17, 15) is 4.39 Å². The van der Waals surface area contributed by atoms with Crippen LogP contribution in [0.2, 0.25) is 0 Å². The Morgan fingerprint density at radius 1 is 1.17 bits per heavy atom. The third-order valence-corrected chi connectivity index (χ3v) is 4.70. The molecule has 2 aromatic carbocycles. The van der Waals surface area contributed by atoms with E-state index in [1.54, 1.807) is 6.07 Å². The zero-order valence-electron chi connectivity index (χ0n) is 9.86. The first-order valence-corrected chi connectivity index (χ1v) is 7.17. The Kier molecular flexibility index (Phi) is 4.43. The number of benzene rings is 2. The van der Waals surface area contributed by atoms with E-state index in [4.69, 9.17) is 5.73 Å². The first-order chi connectivity index (χ1) is 8.59. The SMILES string of the molecule is CC(N)c1cccc(F)c1Sc1ccccc1Br. The van der Waals surface area contributed by atoms with Gasteiger partial charge in [0.05, 0.1) is 4.90 Å². The largest absolute Gasteiger partial charge is 0.324 e. The fourth-order valence-electron chi connectivity index (χ4n) is 1.63. The molecule has 18 heavy (non-hydrogen) atoms. The van der Waals surface area contributed by atoms with Gasteiger partial charge in [0.1, 0.15) is 5.82 Å². The van der Waals surface area contributed by atoms with E-state index in [-0.39, 0.29) is 11.9 Å². The van der Waals surface area contributed by atoms with Crippen molar-refractivity contribution in [3.63, 3.8) is 0 Å². The summed E-state index contributed by atoms with van der Waals surface area (Å²) in [5.41, 5.74) is 6.71. The van der Waals surface area contributed by atoms with Gasteiger partial charge in [-0.15, -0.1) is 0 Å². The summed E-state index contributed by atoms with van der Waals surface area (Å²) in [5, 5.41) is 0. The molecule has 2 aromatic rings. The van der Waals surface area contributed by atoms with Crippen LogP contribution in [0.3, 0.4) is 0 Å². The number of halogens is 2. The van der Waals surface area contributed by atoms with E-state index in [0.29, 0.717) is 4.90 Å². The van der Waals surface area contributed by atoms with Gasteiger partial charge in [-0.3, -0.25) is 0 Å². The summed E-state index contributed by atoms with van der Waals surface area (Å²) in [5.74, 6) is -0.231. The van der Waals surface area contributed by atoms with Crippen molar-refractivity contribution >= 4 is 27.7 Å². The molecule has 0 saturated carbocycles. The summed E-state index contributed by atoms with van der Waals surface area (Å²) in [6, 6.07) is 12.6. The van der Waals surface area contributed by atoms with Gasteiger partial charge in [0.2, 0.25) is 0 Å². The van der Waals surface area contributed by atoms with Crippen molar-refractivity contribution in [2.24, 2.45) is 5.73 Å². The summed E-state index contributed by atoms with van der Waals surface area (Å²) in [6.07, 6.45) is 0. The van der Waals surface area contributed by atoms with Crippen LogP contribution in [0.15, 0.2) is 56.7 Å². The van der Waals surface area contributed by atoms with Crippen molar-refractivity contribution in [1.82, 2.24) is 0 Å². The number of hydrogen-bond donors (Lipinski definition) is 1. The average Bonchev–Trinajstić information content (AvgIpc) is 2.34. The molecule has 1 nitrogen and oxygen atoms in total. The van der Waals surface area contributed by atoms with Crippen LogP contribution < -0.4 is 5.73 Å². The van der Waals surface area contributed by atoms with Gasteiger partial charge in [0, 0.05) is 15.4 Å². The minimum absolute atomic E-state index is 0.189. The van der Waals surface area contributed by atoms with Crippen molar-refractivity contribution in [3.8, 4) is 0 Å².